The molecule has 0 heterocycles. The minimum Gasteiger partial charge on any atom is -0.294 e. The Hall–Kier alpha value is -2.32. The molecular formula is C21H18OS. The summed E-state index contributed by atoms with van der Waals surface area (Å²) in [5, 5.41) is 0.117. The molecule has 3 rings (SSSR count). The molecule has 0 amide bonds. The van der Waals surface area contributed by atoms with Gasteiger partial charge in [0.2, 0.25) is 0 Å². The molecule has 3 aromatic rings. The summed E-state index contributed by atoms with van der Waals surface area (Å²) in [5.74, 6) is 0.183. The molecule has 0 N–H and O–H groups in total. The van der Waals surface area contributed by atoms with E-state index in [2.05, 4.69) is 24.3 Å². The van der Waals surface area contributed by atoms with Gasteiger partial charge in [-0.05, 0) is 17.7 Å². The number of thioether (sulfide) groups is 1. The molecule has 0 aromatic heterocycles. The molecule has 114 valence electrons. The van der Waals surface area contributed by atoms with Crippen LogP contribution in [0.25, 0.3) is 0 Å². The second-order valence-electron chi connectivity index (χ2n) is 5.32. The zero-order chi connectivity index (χ0) is 15.9. The van der Waals surface area contributed by atoms with Gasteiger partial charge in [0.05, 0.1) is 0 Å². The second-order valence-corrected chi connectivity index (χ2v) is 6.60. The summed E-state index contributed by atoms with van der Waals surface area (Å²) in [6.07, 6.45) is 0.494. The normalized spacial score (nSPS) is 11.8. The number of hydrogen-bond acceptors (Lipinski definition) is 2. The number of Topliss-reactive ketones (excluding diaryl/α,β-unsaturated/α-hetero) is 1. The third-order valence-electron chi connectivity index (χ3n) is 3.66. The number of benzene rings is 3. The van der Waals surface area contributed by atoms with Crippen molar-refractivity contribution in [1.29, 1.82) is 0 Å². The van der Waals surface area contributed by atoms with Crippen LogP contribution in [0.2, 0.25) is 0 Å². The Morgan fingerprint density at radius 2 is 1.26 bits per heavy atom. The maximum atomic E-state index is 12.6. The van der Waals surface area contributed by atoms with Crippen molar-refractivity contribution in [2.75, 3.05) is 0 Å². The van der Waals surface area contributed by atoms with Crippen molar-refractivity contribution in [3.8, 4) is 0 Å². The van der Waals surface area contributed by atoms with Crippen LogP contribution in [0.15, 0.2) is 95.9 Å². The first-order valence-corrected chi connectivity index (χ1v) is 8.56. The van der Waals surface area contributed by atoms with Gasteiger partial charge in [-0.1, -0.05) is 78.9 Å². The highest BCUT2D eigenvalue weighted by Gasteiger charge is 2.18. The molecule has 0 aliphatic rings. The molecule has 2 heteroatoms. The van der Waals surface area contributed by atoms with E-state index in [1.165, 1.54) is 10.5 Å². The highest BCUT2D eigenvalue weighted by molar-refractivity contribution is 7.99. The monoisotopic (exact) mass is 318 g/mol. The van der Waals surface area contributed by atoms with Crippen molar-refractivity contribution >= 4 is 17.5 Å². The zero-order valence-corrected chi connectivity index (χ0v) is 13.6. The van der Waals surface area contributed by atoms with E-state index in [1.54, 1.807) is 11.8 Å². The van der Waals surface area contributed by atoms with Gasteiger partial charge in [-0.15, -0.1) is 11.8 Å². The van der Waals surface area contributed by atoms with Gasteiger partial charge in [-0.2, -0.15) is 0 Å². The Kier molecular flexibility index (Phi) is 5.28. The molecule has 0 saturated carbocycles. The standard InChI is InChI=1S/C21H18OS/c22-20(17-10-4-1-5-11-17)16-21(18-12-6-2-7-13-18)23-19-14-8-3-9-15-19/h1-15,21H,16H2/t21-/m1/s1. The molecule has 0 spiro atoms. The van der Waals surface area contributed by atoms with Crippen molar-refractivity contribution in [3.05, 3.63) is 102 Å². The lowest BCUT2D eigenvalue weighted by Gasteiger charge is -2.16. The van der Waals surface area contributed by atoms with Crippen LogP contribution in [-0.2, 0) is 0 Å². The van der Waals surface area contributed by atoms with Gasteiger partial charge >= 0.3 is 0 Å². The number of carbonyl (C=O) groups is 1. The third kappa shape index (κ3) is 4.33. The molecule has 0 saturated heterocycles. The van der Waals surface area contributed by atoms with E-state index in [1.807, 2.05) is 66.7 Å². The maximum Gasteiger partial charge on any atom is 0.164 e. The molecule has 0 aliphatic carbocycles. The van der Waals surface area contributed by atoms with E-state index >= 15 is 0 Å². The SMILES string of the molecule is O=C(C[C@@H](Sc1ccccc1)c1ccccc1)c1ccccc1. The van der Waals surface area contributed by atoms with Crippen LogP contribution < -0.4 is 0 Å². The van der Waals surface area contributed by atoms with Crippen LogP contribution in [0.5, 0.6) is 0 Å². The smallest absolute Gasteiger partial charge is 0.164 e. The minimum atomic E-state index is 0.117. The molecule has 1 atom stereocenters. The fraction of sp³-hybridized carbons (Fsp3) is 0.0952. The Morgan fingerprint density at radius 1 is 0.739 bits per heavy atom. The second kappa shape index (κ2) is 7.80. The summed E-state index contributed by atoms with van der Waals surface area (Å²) in [4.78, 5) is 13.8. The lowest BCUT2D eigenvalue weighted by atomic mass is 10.0. The summed E-state index contributed by atoms with van der Waals surface area (Å²) in [6, 6.07) is 30.0. The lowest BCUT2D eigenvalue weighted by molar-refractivity contribution is 0.0982. The van der Waals surface area contributed by atoms with Crippen LogP contribution in [-0.4, -0.2) is 5.78 Å². The molecule has 1 nitrogen and oxygen atoms in total. The lowest BCUT2D eigenvalue weighted by Crippen LogP contribution is -2.05. The van der Waals surface area contributed by atoms with E-state index in [0.717, 1.165) is 5.56 Å². The first-order valence-electron chi connectivity index (χ1n) is 7.68. The fourth-order valence-corrected chi connectivity index (χ4v) is 3.64. The zero-order valence-electron chi connectivity index (χ0n) is 12.8. The number of hydrogen-bond donors (Lipinski definition) is 0. The summed E-state index contributed by atoms with van der Waals surface area (Å²) in [7, 11) is 0. The Morgan fingerprint density at radius 3 is 1.87 bits per heavy atom. The predicted octanol–water partition coefficient (Wildman–Crippen LogP) is 5.79. The van der Waals surface area contributed by atoms with E-state index in [-0.39, 0.29) is 11.0 Å². The summed E-state index contributed by atoms with van der Waals surface area (Å²) in [5.41, 5.74) is 1.97. The molecule has 0 unspecified atom stereocenters. The van der Waals surface area contributed by atoms with Crippen LogP contribution >= 0.6 is 11.8 Å². The van der Waals surface area contributed by atoms with Crippen molar-refractivity contribution in [3.63, 3.8) is 0 Å². The van der Waals surface area contributed by atoms with E-state index in [0.29, 0.717) is 6.42 Å². The van der Waals surface area contributed by atoms with Gasteiger partial charge in [-0.3, -0.25) is 4.79 Å². The molecule has 0 radical (unpaired) electrons. The van der Waals surface area contributed by atoms with Crippen LogP contribution in [0.3, 0.4) is 0 Å². The van der Waals surface area contributed by atoms with E-state index in [4.69, 9.17) is 0 Å². The topological polar surface area (TPSA) is 17.1 Å². The van der Waals surface area contributed by atoms with Gasteiger partial charge in [0.25, 0.3) is 0 Å². The fourth-order valence-electron chi connectivity index (χ4n) is 2.47. The van der Waals surface area contributed by atoms with Gasteiger partial charge in [0.1, 0.15) is 0 Å². The molecule has 0 bridgehead atoms. The molecule has 3 aromatic carbocycles. The molecule has 23 heavy (non-hydrogen) atoms. The average molecular weight is 318 g/mol. The number of rotatable bonds is 6. The highest BCUT2D eigenvalue weighted by atomic mass is 32.2. The van der Waals surface area contributed by atoms with E-state index in [9.17, 15) is 4.79 Å². The van der Waals surface area contributed by atoms with E-state index < -0.39 is 0 Å². The van der Waals surface area contributed by atoms with Gasteiger partial charge in [0, 0.05) is 22.1 Å². The number of carbonyl (C=O) groups excluding carboxylic acids is 1. The summed E-state index contributed by atoms with van der Waals surface area (Å²) >= 11 is 1.74. The van der Waals surface area contributed by atoms with Gasteiger partial charge in [0.15, 0.2) is 5.78 Å². The van der Waals surface area contributed by atoms with Crippen molar-refractivity contribution < 1.29 is 4.79 Å². The summed E-state index contributed by atoms with van der Waals surface area (Å²) < 4.78 is 0. The molecule has 0 fully saturated rings. The average Bonchev–Trinajstić information content (AvgIpc) is 2.63. The molecule has 0 aliphatic heterocycles. The van der Waals surface area contributed by atoms with Gasteiger partial charge in [-0.25, -0.2) is 0 Å². The van der Waals surface area contributed by atoms with Crippen molar-refractivity contribution in [2.24, 2.45) is 0 Å². The summed E-state index contributed by atoms with van der Waals surface area (Å²) in [6.45, 7) is 0. The third-order valence-corrected chi connectivity index (χ3v) is 4.93. The quantitative estimate of drug-likeness (QED) is 0.422. The predicted molar refractivity (Wildman–Crippen MR) is 96.9 cm³/mol. The molecular weight excluding hydrogens is 300 g/mol. The Labute approximate surface area is 141 Å². The van der Waals surface area contributed by atoms with Crippen LogP contribution in [0.1, 0.15) is 27.6 Å². The minimum absolute atomic E-state index is 0.117. The first kappa shape index (κ1) is 15.6. The highest BCUT2D eigenvalue weighted by Crippen LogP contribution is 2.38. The van der Waals surface area contributed by atoms with Crippen molar-refractivity contribution in [2.45, 2.75) is 16.6 Å². The van der Waals surface area contributed by atoms with Crippen molar-refractivity contribution in [1.82, 2.24) is 0 Å². The van der Waals surface area contributed by atoms with Crippen LogP contribution in [0.4, 0.5) is 0 Å². The Balaban J connectivity index is 1.82. The van der Waals surface area contributed by atoms with Crippen LogP contribution in [0, 0.1) is 0 Å². The largest absolute Gasteiger partial charge is 0.294 e. The van der Waals surface area contributed by atoms with Gasteiger partial charge < -0.3 is 0 Å². The Bertz CT molecular complexity index is 739. The maximum absolute atomic E-state index is 12.6. The first-order chi connectivity index (χ1) is 11.3. The number of ketones is 1.